The van der Waals surface area contributed by atoms with Gasteiger partial charge in [-0.3, -0.25) is 9.59 Å². The number of aromatic nitrogens is 3. The Balaban J connectivity index is 1.39. The highest BCUT2D eigenvalue weighted by atomic mass is 16.2. The Hall–Kier alpha value is -2.44. The summed E-state index contributed by atoms with van der Waals surface area (Å²) in [6, 6.07) is 2.19. The van der Waals surface area contributed by atoms with Gasteiger partial charge in [-0.05, 0) is 18.9 Å². The predicted molar refractivity (Wildman–Crippen MR) is 77.7 cm³/mol. The number of carbonyl (C=O) groups excluding carboxylic acids is 2. The molecule has 2 aromatic heterocycles. The third-order valence-corrected chi connectivity index (χ3v) is 4.32. The average molecular weight is 299 g/mol. The highest BCUT2D eigenvalue weighted by molar-refractivity contribution is 5.89. The standard InChI is InChI=1S/C15H17N5O2/c21-13-6-10(9-19(13)12-2-3-12)15(22)17-7-11-8-18-20-5-1-4-16-14(11)20/h1,4-5,8,10,12H,2-3,6-7,9H2,(H,17,22)/t10-/m1/s1. The summed E-state index contributed by atoms with van der Waals surface area (Å²) >= 11 is 0. The first-order valence-electron chi connectivity index (χ1n) is 7.57. The lowest BCUT2D eigenvalue weighted by molar-refractivity contribution is -0.129. The van der Waals surface area contributed by atoms with Gasteiger partial charge in [-0.2, -0.15) is 5.10 Å². The first-order valence-corrected chi connectivity index (χ1v) is 7.57. The number of nitrogens with one attached hydrogen (secondary N) is 1. The molecule has 0 radical (unpaired) electrons. The molecule has 2 aromatic rings. The summed E-state index contributed by atoms with van der Waals surface area (Å²) in [5.74, 6) is -0.185. The van der Waals surface area contributed by atoms with Crippen LogP contribution in [0, 0.1) is 5.92 Å². The van der Waals surface area contributed by atoms with E-state index in [9.17, 15) is 9.59 Å². The maximum Gasteiger partial charge on any atom is 0.225 e. The van der Waals surface area contributed by atoms with E-state index in [0.29, 0.717) is 25.6 Å². The molecule has 0 aromatic carbocycles. The molecule has 1 N–H and O–H groups in total. The van der Waals surface area contributed by atoms with Gasteiger partial charge in [-0.25, -0.2) is 9.50 Å². The fourth-order valence-corrected chi connectivity index (χ4v) is 2.97. The van der Waals surface area contributed by atoms with Crippen molar-refractivity contribution in [2.45, 2.75) is 31.8 Å². The number of nitrogens with zero attached hydrogens (tertiary/aromatic N) is 4. The molecule has 1 aliphatic heterocycles. The van der Waals surface area contributed by atoms with Gasteiger partial charge in [0.05, 0.1) is 12.1 Å². The van der Waals surface area contributed by atoms with Gasteiger partial charge >= 0.3 is 0 Å². The van der Waals surface area contributed by atoms with Gasteiger partial charge in [0.2, 0.25) is 11.8 Å². The second-order valence-electron chi connectivity index (χ2n) is 5.95. The monoisotopic (exact) mass is 299 g/mol. The molecule has 22 heavy (non-hydrogen) atoms. The topological polar surface area (TPSA) is 79.6 Å². The lowest BCUT2D eigenvalue weighted by Crippen LogP contribution is -2.33. The first-order chi connectivity index (χ1) is 10.7. The molecule has 0 bridgehead atoms. The fraction of sp³-hybridized carbons (Fsp3) is 0.467. The van der Waals surface area contributed by atoms with E-state index in [-0.39, 0.29) is 17.7 Å². The SMILES string of the molecule is O=C(NCc1cnn2cccnc12)[C@@H]1CC(=O)N(C2CC2)C1. The fourth-order valence-electron chi connectivity index (χ4n) is 2.97. The Morgan fingerprint density at radius 3 is 3.09 bits per heavy atom. The highest BCUT2D eigenvalue weighted by Gasteiger charge is 2.41. The van der Waals surface area contributed by atoms with E-state index in [4.69, 9.17) is 0 Å². The van der Waals surface area contributed by atoms with Gasteiger partial charge in [0, 0.05) is 43.5 Å². The summed E-state index contributed by atoms with van der Waals surface area (Å²) in [5, 5.41) is 7.10. The number of fused-ring (bicyclic) bond motifs is 1. The molecule has 114 valence electrons. The molecule has 2 fully saturated rings. The highest BCUT2D eigenvalue weighted by Crippen LogP contribution is 2.32. The van der Waals surface area contributed by atoms with Crippen molar-refractivity contribution in [1.29, 1.82) is 0 Å². The molecule has 4 rings (SSSR count). The molecule has 7 nitrogen and oxygen atoms in total. The van der Waals surface area contributed by atoms with Crippen LogP contribution in [0.15, 0.2) is 24.7 Å². The van der Waals surface area contributed by atoms with Crippen LogP contribution in [0.1, 0.15) is 24.8 Å². The minimum absolute atomic E-state index is 0.0632. The number of likely N-dealkylation sites (tertiary alicyclic amines) is 1. The van der Waals surface area contributed by atoms with Crippen molar-refractivity contribution in [2.75, 3.05) is 6.54 Å². The quantitative estimate of drug-likeness (QED) is 0.884. The molecule has 2 amide bonds. The van der Waals surface area contributed by atoms with Gasteiger partial charge in [0.1, 0.15) is 0 Å². The van der Waals surface area contributed by atoms with Gasteiger partial charge in [-0.15, -0.1) is 0 Å². The largest absolute Gasteiger partial charge is 0.352 e. The lowest BCUT2D eigenvalue weighted by atomic mass is 10.1. The van der Waals surface area contributed by atoms with Crippen molar-refractivity contribution in [1.82, 2.24) is 24.8 Å². The smallest absolute Gasteiger partial charge is 0.225 e. The summed E-state index contributed by atoms with van der Waals surface area (Å²) in [6.45, 7) is 0.940. The molecule has 1 atom stereocenters. The third kappa shape index (κ3) is 2.32. The molecular formula is C15H17N5O2. The van der Waals surface area contributed by atoms with E-state index < -0.39 is 0 Å². The van der Waals surface area contributed by atoms with Crippen LogP contribution >= 0.6 is 0 Å². The van der Waals surface area contributed by atoms with Crippen LogP contribution in [0.2, 0.25) is 0 Å². The van der Waals surface area contributed by atoms with E-state index >= 15 is 0 Å². The summed E-state index contributed by atoms with van der Waals surface area (Å²) in [6.07, 6.45) is 7.71. The van der Waals surface area contributed by atoms with Crippen LogP contribution in [-0.2, 0) is 16.1 Å². The number of amides is 2. The van der Waals surface area contributed by atoms with Gasteiger partial charge in [0.15, 0.2) is 5.65 Å². The number of rotatable bonds is 4. The number of hydrogen-bond acceptors (Lipinski definition) is 4. The van der Waals surface area contributed by atoms with Crippen LogP contribution in [0.3, 0.4) is 0 Å². The van der Waals surface area contributed by atoms with Crippen LogP contribution in [0.25, 0.3) is 5.65 Å². The Morgan fingerprint density at radius 1 is 1.41 bits per heavy atom. The molecule has 1 saturated heterocycles. The van der Waals surface area contributed by atoms with Crippen molar-refractivity contribution < 1.29 is 9.59 Å². The minimum atomic E-state index is -0.233. The Morgan fingerprint density at radius 2 is 2.27 bits per heavy atom. The average Bonchev–Trinajstić information content (AvgIpc) is 3.17. The van der Waals surface area contributed by atoms with E-state index in [2.05, 4.69) is 15.4 Å². The van der Waals surface area contributed by atoms with E-state index in [1.165, 1.54) is 0 Å². The maximum absolute atomic E-state index is 12.3. The molecule has 1 aliphatic carbocycles. The zero-order valence-corrected chi connectivity index (χ0v) is 12.1. The van der Waals surface area contributed by atoms with Crippen molar-refractivity contribution >= 4 is 17.5 Å². The second-order valence-corrected chi connectivity index (χ2v) is 5.95. The van der Waals surface area contributed by atoms with Crippen LogP contribution in [0.4, 0.5) is 0 Å². The maximum atomic E-state index is 12.3. The van der Waals surface area contributed by atoms with Crippen molar-refractivity contribution in [2.24, 2.45) is 5.92 Å². The van der Waals surface area contributed by atoms with Crippen molar-refractivity contribution in [3.63, 3.8) is 0 Å². The molecule has 7 heteroatoms. The van der Waals surface area contributed by atoms with E-state index in [0.717, 1.165) is 24.1 Å². The summed E-state index contributed by atoms with van der Waals surface area (Å²) in [4.78, 5) is 30.3. The summed E-state index contributed by atoms with van der Waals surface area (Å²) < 4.78 is 1.68. The van der Waals surface area contributed by atoms with E-state index in [1.54, 1.807) is 23.0 Å². The normalized spacial score (nSPS) is 21.5. The zero-order valence-electron chi connectivity index (χ0n) is 12.1. The van der Waals surface area contributed by atoms with Crippen molar-refractivity contribution in [3.8, 4) is 0 Å². The number of carbonyl (C=O) groups is 2. The Kier molecular flexibility index (Phi) is 3.06. The Labute approximate surface area is 127 Å². The second kappa shape index (κ2) is 5.08. The predicted octanol–water partition coefficient (Wildman–Crippen LogP) is 0.356. The van der Waals surface area contributed by atoms with Crippen LogP contribution in [-0.4, -0.2) is 43.9 Å². The third-order valence-electron chi connectivity index (χ3n) is 4.32. The molecule has 3 heterocycles. The molecule has 2 aliphatic rings. The van der Waals surface area contributed by atoms with Gasteiger partial charge in [-0.1, -0.05) is 0 Å². The summed E-state index contributed by atoms with van der Waals surface area (Å²) in [7, 11) is 0. The van der Waals surface area contributed by atoms with Gasteiger partial charge < -0.3 is 10.2 Å². The summed E-state index contributed by atoms with van der Waals surface area (Å²) in [5.41, 5.74) is 1.61. The lowest BCUT2D eigenvalue weighted by Gasteiger charge is -2.15. The van der Waals surface area contributed by atoms with Gasteiger partial charge in [0.25, 0.3) is 0 Å². The van der Waals surface area contributed by atoms with E-state index in [1.807, 2.05) is 11.1 Å². The number of hydrogen-bond donors (Lipinski definition) is 1. The Bertz CT molecular complexity index is 736. The van der Waals surface area contributed by atoms with Crippen LogP contribution in [0.5, 0.6) is 0 Å². The van der Waals surface area contributed by atoms with Crippen molar-refractivity contribution in [3.05, 3.63) is 30.2 Å². The molecular weight excluding hydrogens is 282 g/mol. The molecule has 0 spiro atoms. The first kappa shape index (κ1) is 13.2. The molecule has 0 unspecified atom stereocenters. The zero-order chi connectivity index (χ0) is 15.1. The molecule has 1 saturated carbocycles. The minimum Gasteiger partial charge on any atom is -0.352 e. The van der Waals surface area contributed by atoms with Crippen LogP contribution < -0.4 is 5.32 Å².